The summed E-state index contributed by atoms with van der Waals surface area (Å²) < 4.78 is 0. The summed E-state index contributed by atoms with van der Waals surface area (Å²) in [4.78, 5) is 17.2. The summed E-state index contributed by atoms with van der Waals surface area (Å²) in [5.41, 5.74) is 6.46. The lowest BCUT2D eigenvalue weighted by molar-refractivity contribution is 0.0946. The second-order valence-corrected chi connectivity index (χ2v) is 5.03. The zero-order valence-electron chi connectivity index (χ0n) is 9.42. The summed E-state index contributed by atoms with van der Waals surface area (Å²) in [6, 6.07) is 7.21. The van der Waals surface area contributed by atoms with E-state index < -0.39 is 0 Å². The van der Waals surface area contributed by atoms with E-state index in [4.69, 9.17) is 18.0 Å². The van der Waals surface area contributed by atoms with Gasteiger partial charge in [0.2, 0.25) is 0 Å². The second-order valence-electron chi connectivity index (χ2n) is 3.56. The van der Waals surface area contributed by atoms with Crippen LogP contribution < -0.4 is 11.1 Å². The van der Waals surface area contributed by atoms with Gasteiger partial charge >= 0.3 is 0 Å². The van der Waals surface area contributed by atoms with Crippen molar-refractivity contribution < 1.29 is 4.79 Å². The molecule has 0 spiro atoms. The van der Waals surface area contributed by atoms with Gasteiger partial charge in [0.15, 0.2) is 0 Å². The molecule has 0 atom stereocenters. The van der Waals surface area contributed by atoms with Crippen LogP contribution in [0.3, 0.4) is 0 Å². The average Bonchev–Trinajstić information content (AvgIpc) is 2.89. The molecule has 18 heavy (non-hydrogen) atoms. The van der Waals surface area contributed by atoms with Gasteiger partial charge in [-0.3, -0.25) is 9.78 Å². The van der Waals surface area contributed by atoms with Crippen molar-refractivity contribution in [2.24, 2.45) is 5.73 Å². The number of thiophene rings is 1. The van der Waals surface area contributed by atoms with Gasteiger partial charge in [-0.15, -0.1) is 11.3 Å². The third-order valence-electron chi connectivity index (χ3n) is 2.28. The van der Waals surface area contributed by atoms with Crippen molar-refractivity contribution in [3.63, 3.8) is 0 Å². The van der Waals surface area contributed by atoms with Crippen molar-refractivity contribution >= 4 is 34.5 Å². The van der Waals surface area contributed by atoms with Crippen molar-refractivity contribution in [1.29, 1.82) is 0 Å². The predicted octanol–water partition coefficient (Wildman–Crippen LogP) is 1.71. The lowest BCUT2D eigenvalue weighted by Crippen LogP contribution is -2.23. The van der Waals surface area contributed by atoms with Crippen LogP contribution in [0.4, 0.5) is 0 Å². The van der Waals surface area contributed by atoms with Crippen LogP contribution in [0.1, 0.15) is 20.9 Å². The minimum atomic E-state index is -0.210. The Morgan fingerprint density at radius 3 is 2.83 bits per heavy atom. The minimum Gasteiger partial charge on any atom is -0.389 e. The van der Waals surface area contributed by atoms with Crippen molar-refractivity contribution in [3.05, 3.63) is 52.0 Å². The van der Waals surface area contributed by atoms with Crippen LogP contribution >= 0.6 is 23.6 Å². The van der Waals surface area contributed by atoms with Crippen molar-refractivity contribution in [2.45, 2.75) is 6.54 Å². The number of nitrogens with zero attached hydrogens (tertiary/aromatic N) is 1. The smallest absolute Gasteiger partial charge is 0.270 e. The summed E-state index contributed by atoms with van der Waals surface area (Å²) >= 11 is 6.41. The van der Waals surface area contributed by atoms with Gasteiger partial charge in [0.05, 0.1) is 6.54 Å². The van der Waals surface area contributed by atoms with E-state index in [1.54, 1.807) is 23.5 Å². The number of hydrogen-bond donors (Lipinski definition) is 2. The van der Waals surface area contributed by atoms with E-state index >= 15 is 0 Å². The molecule has 2 heterocycles. The molecule has 0 aliphatic rings. The number of aromatic nitrogens is 1. The number of amides is 1. The molecule has 4 nitrogen and oxygen atoms in total. The van der Waals surface area contributed by atoms with Gasteiger partial charge in [0.1, 0.15) is 10.7 Å². The molecule has 0 fully saturated rings. The normalized spacial score (nSPS) is 10.0. The summed E-state index contributed by atoms with van der Waals surface area (Å²) in [5.74, 6) is -0.210. The lowest BCUT2D eigenvalue weighted by Gasteiger charge is -2.03. The maximum atomic E-state index is 11.8. The number of nitrogens with one attached hydrogen (secondary N) is 1. The minimum absolute atomic E-state index is 0.210. The van der Waals surface area contributed by atoms with E-state index in [0.29, 0.717) is 17.8 Å². The van der Waals surface area contributed by atoms with Gasteiger partial charge in [-0.1, -0.05) is 18.3 Å². The molecule has 1 amide bonds. The maximum absolute atomic E-state index is 11.8. The molecule has 0 aromatic carbocycles. The highest BCUT2D eigenvalue weighted by Crippen LogP contribution is 2.08. The van der Waals surface area contributed by atoms with Gasteiger partial charge in [0.25, 0.3) is 5.91 Å². The molecule has 0 aliphatic carbocycles. The van der Waals surface area contributed by atoms with E-state index in [2.05, 4.69) is 10.3 Å². The van der Waals surface area contributed by atoms with Gasteiger partial charge in [-0.2, -0.15) is 0 Å². The fraction of sp³-hybridized carbons (Fsp3) is 0.0833. The molecular weight excluding hydrogens is 266 g/mol. The van der Waals surface area contributed by atoms with Crippen LogP contribution in [0.25, 0.3) is 0 Å². The number of rotatable bonds is 4. The molecule has 0 saturated heterocycles. The summed E-state index contributed by atoms with van der Waals surface area (Å²) in [6.07, 6.45) is 1.50. The largest absolute Gasteiger partial charge is 0.389 e. The first-order valence-corrected chi connectivity index (χ1v) is 6.52. The first kappa shape index (κ1) is 12.7. The highest BCUT2D eigenvalue weighted by Gasteiger charge is 2.07. The van der Waals surface area contributed by atoms with Gasteiger partial charge in [0, 0.05) is 16.6 Å². The number of hydrogen-bond acceptors (Lipinski definition) is 4. The maximum Gasteiger partial charge on any atom is 0.270 e. The summed E-state index contributed by atoms with van der Waals surface area (Å²) in [6.45, 7) is 0.509. The Hall–Kier alpha value is -1.79. The third-order valence-corrected chi connectivity index (χ3v) is 3.40. The Morgan fingerprint density at radius 2 is 2.28 bits per heavy atom. The zero-order chi connectivity index (χ0) is 13.0. The molecule has 6 heteroatoms. The van der Waals surface area contributed by atoms with Crippen LogP contribution in [0.2, 0.25) is 0 Å². The van der Waals surface area contributed by atoms with Crippen LogP contribution in [0.15, 0.2) is 35.8 Å². The van der Waals surface area contributed by atoms with Crippen LogP contribution in [0, 0.1) is 0 Å². The SMILES string of the molecule is NC(=S)c1ccc(C(=O)NCc2cccs2)nc1. The van der Waals surface area contributed by atoms with E-state index in [9.17, 15) is 4.79 Å². The topological polar surface area (TPSA) is 68.0 Å². The fourth-order valence-corrected chi connectivity index (χ4v) is 2.11. The Morgan fingerprint density at radius 1 is 1.44 bits per heavy atom. The number of pyridine rings is 1. The standard InChI is InChI=1S/C12H11N3OS2/c13-11(17)8-3-4-10(14-6-8)12(16)15-7-9-2-1-5-18-9/h1-6H,7H2,(H2,13,17)(H,15,16). The zero-order valence-corrected chi connectivity index (χ0v) is 11.1. The van der Waals surface area contributed by atoms with Crippen molar-refractivity contribution in [3.8, 4) is 0 Å². The second kappa shape index (κ2) is 5.70. The molecule has 2 rings (SSSR count). The Balaban J connectivity index is 1.98. The van der Waals surface area contributed by atoms with Crippen LogP contribution in [-0.4, -0.2) is 15.9 Å². The molecule has 3 N–H and O–H groups in total. The highest BCUT2D eigenvalue weighted by atomic mass is 32.1. The predicted molar refractivity (Wildman–Crippen MR) is 75.6 cm³/mol. The lowest BCUT2D eigenvalue weighted by atomic mass is 10.2. The molecular formula is C12H11N3OS2. The van der Waals surface area contributed by atoms with Crippen LogP contribution in [-0.2, 0) is 6.54 Å². The average molecular weight is 277 g/mol. The molecule has 0 bridgehead atoms. The van der Waals surface area contributed by atoms with E-state index in [0.717, 1.165) is 4.88 Å². The molecule has 0 saturated carbocycles. The fourth-order valence-electron chi connectivity index (χ4n) is 1.35. The van der Waals surface area contributed by atoms with E-state index in [-0.39, 0.29) is 10.9 Å². The van der Waals surface area contributed by atoms with Gasteiger partial charge in [-0.25, -0.2) is 0 Å². The van der Waals surface area contributed by atoms with Gasteiger partial charge in [-0.05, 0) is 23.6 Å². The molecule has 2 aromatic heterocycles. The van der Waals surface area contributed by atoms with Gasteiger partial charge < -0.3 is 11.1 Å². The van der Waals surface area contributed by atoms with Crippen molar-refractivity contribution in [2.75, 3.05) is 0 Å². The summed E-state index contributed by atoms with van der Waals surface area (Å²) in [5, 5.41) is 4.76. The Bertz CT molecular complexity index is 549. The molecule has 0 radical (unpaired) electrons. The monoisotopic (exact) mass is 277 g/mol. The highest BCUT2D eigenvalue weighted by molar-refractivity contribution is 7.80. The number of nitrogens with two attached hydrogens (primary N) is 1. The molecule has 0 unspecified atom stereocenters. The number of thiocarbonyl (C=S) groups is 1. The first-order valence-electron chi connectivity index (χ1n) is 5.23. The van der Waals surface area contributed by atoms with Crippen LogP contribution in [0.5, 0.6) is 0 Å². The Kier molecular flexibility index (Phi) is 4.01. The first-order chi connectivity index (χ1) is 8.66. The van der Waals surface area contributed by atoms with Crippen molar-refractivity contribution in [1.82, 2.24) is 10.3 Å². The summed E-state index contributed by atoms with van der Waals surface area (Å²) in [7, 11) is 0. The Labute approximate surface area is 114 Å². The number of carbonyl (C=O) groups is 1. The molecule has 92 valence electrons. The van der Waals surface area contributed by atoms with E-state index in [1.165, 1.54) is 6.20 Å². The van der Waals surface area contributed by atoms with E-state index in [1.807, 2.05) is 17.5 Å². The quantitative estimate of drug-likeness (QED) is 0.835. The number of carbonyl (C=O) groups excluding carboxylic acids is 1. The molecule has 2 aromatic rings. The third kappa shape index (κ3) is 3.12. The molecule has 0 aliphatic heterocycles.